The maximum atomic E-state index is 12.5. The number of pyridine rings is 1. The second-order valence-corrected chi connectivity index (χ2v) is 5.58. The first kappa shape index (κ1) is 16.8. The third kappa shape index (κ3) is 3.71. The molecule has 0 spiro atoms. The van der Waals surface area contributed by atoms with Crippen LogP contribution < -0.4 is 20.1 Å². The Morgan fingerprint density at radius 1 is 1.44 bits per heavy atom. The van der Waals surface area contributed by atoms with Gasteiger partial charge in [-0.3, -0.25) is 9.59 Å². The van der Waals surface area contributed by atoms with Gasteiger partial charge in [0.25, 0.3) is 11.8 Å². The predicted molar refractivity (Wildman–Crippen MR) is 91.9 cm³/mol. The van der Waals surface area contributed by atoms with E-state index < -0.39 is 0 Å². The highest BCUT2D eigenvalue weighted by molar-refractivity contribution is 5.97. The molecule has 0 bridgehead atoms. The third-order valence-electron chi connectivity index (χ3n) is 3.78. The number of amides is 2. The van der Waals surface area contributed by atoms with E-state index >= 15 is 0 Å². The average molecular weight is 341 g/mol. The highest BCUT2D eigenvalue weighted by atomic mass is 16.5. The lowest BCUT2D eigenvalue weighted by Crippen LogP contribution is -2.28. The molecule has 0 radical (unpaired) electrons. The number of hydrogen-bond acceptors (Lipinski definition) is 5. The van der Waals surface area contributed by atoms with Crippen LogP contribution in [-0.2, 0) is 4.79 Å². The Kier molecular flexibility index (Phi) is 4.83. The molecule has 0 unspecified atom stereocenters. The van der Waals surface area contributed by atoms with Crippen LogP contribution in [0, 0.1) is 0 Å². The lowest BCUT2D eigenvalue weighted by atomic mass is 10.1. The zero-order chi connectivity index (χ0) is 17.8. The molecular formula is C18H19N3O4. The second-order valence-electron chi connectivity index (χ2n) is 5.58. The molecule has 25 heavy (non-hydrogen) atoms. The molecule has 0 fully saturated rings. The van der Waals surface area contributed by atoms with E-state index in [1.807, 2.05) is 19.9 Å². The van der Waals surface area contributed by atoms with Gasteiger partial charge >= 0.3 is 0 Å². The molecule has 0 saturated heterocycles. The van der Waals surface area contributed by atoms with E-state index in [1.54, 1.807) is 30.5 Å². The van der Waals surface area contributed by atoms with Crippen LogP contribution in [0.5, 0.6) is 11.6 Å². The SMILES string of the molecule is CCOc1ncccc1C(=O)N[C@H](C)c1ccc2c(c1)NC(=O)CO2. The fourth-order valence-electron chi connectivity index (χ4n) is 2.54. The average Bonchev–Trinajstić information content (AvgIpc) is 2.61. The molecule has 1 aromatic heterocycles. The number of aromatic nitrogens is 1. The summed E-state index contributed by atoms with van der Waals surface area (Å²) in [6, 6.07) is 8.52. The van der Waals surface area contributed by atoms with Crippen molar-refractivity contribution in [1.82, 2.24) is 10.3 Å². The molecule has 2 amide bonds. The van der Waals surface area contributed by atoms with Crippen molar-refractivity contribution in [2.45, 2.75) is 19.9 Å². The number of rotatable bonds is 5. The van der Waals surface area contributed by atoms with Gasteiger partial charge in [-0.2, -0.15) is 0 Å². The predicted octanol–water partition coefficient (Wildman–Crippen LogP) is 2.30. The first-order chi connectivity index (χ1) is 12.1. The van der Waals surface area contributed by atoms with E-state index in [1.165, 1.54) is 0 Å². The van der Waals surface area contributed by atoms with Crippen LogP contribution in [0.1, 0.15) is 35.8 Å². The van der Waals surface area contributed by atoms with Gasteiger partial charge in [0.15, 0.2) is 6.61 Å². The summed E-state index contributed by atoms with van der Waals surface area (Å²) < 4.78 is 10.7. The van der Waals surface area contributed by atoms with Gasteiger partial charge in [0.2, 0.25) is 5.88 Å². The summed E-state index contributed by atoms with van der Waals surface area (Å²) in [6.45, 7) is 4.14. The van der Waals surface area contributed by atoms with Gasteiger partial charge < -0.3 is 20.1 Å². The van der Waals surface area contributed by atoms with E-state index in [2.05, 4.69) is 15.6 Å². The van der Waals surface area contributed by atoms with Crippen LogP contribution in [0.25, 0.3) is 0 Å². The van der Waals surface area contributed by atoms with Crippen molar-refractivity contribution in [2.24, 2.45) is 0 Å². The van der Waals surface area contributed by atoms with Crippen molar-refractivity contribution in [2.75, 3.05) is 18.5 Å². The van der Waals surface area contributed by atoms with Gasteiger partial charge in [0, 0.05) is 6.20 Å². The first-order valence-corrected chi connectivity index (χ1v) is 8.03. The van der Waals surface area contributed by atoms with Crippen molar-refractivity contribution in [1.29, 1.82) is 0 Å². The molecule has 0 saturated carbocycles. The topological polar surface area (TPSA) is 89.5 Å². The number of carbonyl (C=O) groups excluding carboxylic acids is 2. The summed E-state index contributed by atoms with van der Waals surface area (Å²) in [7, 11) is 0. The van der Waals surface area contributed by atoms with Crippen LogP contribution in [0.15, 0.2) is 36.5 Å². The molecule has 3 rings (SSSR count). The van der Waals surface area contributed by atoms with Crippen molar-refractivity contribution >= 4 is 17.5 Å². The minimum absolute atomic E-state index is 0.0137. The largest absolute Gasteiger partial charge is 0.482 e. The lowest BCUT2D eigenvalue weighted by molar-refractivity contribution is -0.118. The molecule has 1 aliphatic heterocycles. The van der Waals surface area contributed by atoms with Gasteiger partial charge in [0.1, 0.15) is 11.3 Å². The molecule has 2 heterocycles. The third-order valence-corrected chi connectivity index (χ3v) is 3.78. The Morgan fingerprint density at radius 2 is 2.28 bits per heavy atom. The van der Waals surface area contributed by atoms with E-state index in [0.29, 0.717) is 29.5 Å². The molecule has 2 aromatic rings. The summed E-state index contributed by atoms with van der Waals surface area (Å²) in [5, 5.41) is 5.68. The van der Waals surface area contributed by atoms with Crippen LogP contribution in [0.4, 0.5) is 5.69 Å². The quantitative estimate of drug-likeness (QED) is 0.871. The standard InChI is InChI=1S/C18H19N3O4/c1-3-24-18-13(5-4-8-19-18)17(23)20-11(2)12-6-7-15-14(9-12)21-16(22)10-25-15/h4-9,11H,3,10H2,1-2H3,(H,20,23)(H,21,22)/t11-/m1/s1. The van der Waals surface area contributed by atoms with Crippen LogP contribution in [0.3, 0.4) is 0 Å². The summed E-state index contributed by atoms with van der Waals surface area (Å²) in [4.78, 5) is 28.1. The zero-order valence-electron chi connectivity index (χ0n) is 14.0. The highest BCUT2D eigenvalue weighted by Crippen LogP contribution is 2.30. The minimum atomic E-state index is -0.276. The fourth-order valence-corrected chi connectivity index (χ4v) is 2.54. The molecule has 7 heteroatoms. The van der Waals surface area contributed by atoms with E-state index in [-0.39, 0.29) is 24.5 Å². The first-order valence-electron chi connectivity index (χ1n) is 8.03. The van der Waals surface area contributed by atoms with Gasteiger partial charge in [0.05, 0.1) is 18.3 Å². The summed E-state index contributed by atoms with van der Waals surface area (Å²) >= 11 is 0. The van der Waals surface area contributed by atoms with Gasteiger partial charge in [-0.05, 0) is 43.7 Å². The molecular weight excluding hydrogens is 322 g/mol. The van der Waals surface area contributed by atoms with Gasteiger partial charge in [-0.15, -0.1) is 0 Å². The number of ether oxygens (including phenoxy) is 2. The smallest absolute Gasteiger partial charge is 0.262 e. The monoisotopic (exact) mass is 341 g/mol. The maximum absolute atomic E-state index is 12.5. The van der Waals surface area contributed by atoms with Crippen LogP contribution in [0.2, 0.25) is 0 Å². The lowest BCUT2D eigenvalue weighted by Gasteiger charge is -2.21. The second kappa shape index (κ2) is 7.21. The zero-order valence-corrected chi connectivity index (χ0v) is 14.0. The Morgan fingerprint density at radius 3 is 3.08 bits per heavy atom. The molecule has 1 aliphatic rings. The number of benzene rings is 1. The number of carbonyl (C=O) groups is 2. The Balaban J connectivity index is 1.76. The summed E-state index contributed by atoms with van der Waals surface area (Å²) in [5.41, 5.74) is 1.83. The number of anilines is 1. The molecule has 1 aromatic carbocycles. The molecule has 1 atom stereocenters. The maximum Gasteiger partial charge on any atom is 0.262 e. The number of fused-ring (bicyclic) bond motifs is 1. The van der Waals surface area contributed by atoms with Crippen molar-refractivity contribution in [3.8, 4) is 11.6 Å². The number of nitrogens with zero attached hydrogens (tertiary/aromatic N) is 1. The molecule has 130 valence electrons. The van der Waals surface area contributed by atoms with E-state index in [9.17, 15) is 9.59 Å². The van der Waals surface area contributed by atoms with Gasteiger partial charge in [-0.25, -0.2) is 4.98 Å². The van der Waals surface area contributed by atoms with Crippen molar-refractivity contribution in [3.05, 3.63) is 47.7 Å². The number of nitrogens with one attached hydrogen (secondary N) is 2. The van der Waals surface area contributed by atoms with E-state index in [0.717, 1.165) is 5.56 Å². The Hall–Kier alpha value is -3.09. The fraction of sp³-hybridized carbons (Fsp3) is 0.278. The highest BCUT2D eigenvalue weighted by Gasteiger charge is 2.20. The normalized spacial score (nSPS) is 13.9. The molecule has 0 aliphatic carbocycles. The van der Waals surface area contributed by atoms with Gasteiger partial charge in [-0.1, -0.05) is 6.07 Å². The van der Waals surface area contributed by atoms with E-state index in [4.69, 9.17) is 9.47 Å². The van der Waals surface area contributed by atoms with Crippen molar-refractivity contribution in [3.63, 3.8) is 0 Å². The minimum Gasteiger partial charge on any atom is -0.482 e. The number of hydrogen-bond donors (Lipinski definition) is 2. The summed E-state index contributed by atoms with van der Waals surface area (Å²) in [5.74, 6) is 0.452. The Labute approximate surface area is 145 Å². The van der Waals surface area contributed by atoms with Crippen LogP contribution >= 0.6 is 0 Å². The Bertz CT molecular complexity index is 807. The molecule has 2 N–H and O–H groups in total. The molecule has 7 nitrogen and oxygen atoms in total. The van der Waals surface area contributed by atoms with Crippen molar-refractivity contribution < 1.29 is 19.1 Å². The van der Waals surface area contributed by atoms with Crippen LogP contribution in [-0.4, -0.2) is 30.0 Å². The summed E-state index contributed by atoms with van der Waals surface area (Å²) in [6.07, 6.45) is 1.58.